The number of ketones is 1. The molecule has 0 saturated heterocycles. The van der Waals surface area contributed by atoms with E-state index >= 15 is 0 Å². The van der Waals surface area contributed by atoms with Crippen molar-refractivity contribution in [1.82, 2.24) is 5.32 Å². The van der Waals surface area contributed by atoms with Crippen LogP contribution in [0.1, 0.15) is 56.1 Å². The van der Waals surface area contributed by atoms with E-state index in [9.17, 15) is 9.59 Å². The quantitative estimate of drug-likeness (QED) is 0.521. The van der Waals surface area contributed by atoms with Crippen LogP contribution in [0.4, 0.5) is 0 Å². The number of carbonyl (C=O) groups excluding carboxylic acids is 2. The predicted octanol–water partition coefficient (Wildman–Crippen LogP) is 6.31. The van der Waals surface area contributed by atoms with Gasteiger partial charge in [-0.3, -0.25) is 4.79 Å². The monoisotopic (exact) mass is 469 g/mol. The zero-order valence-electron chi connectivity index (χ0n) is 18.1. The maximum atomic E-state index is 13.5. The van der Waals surface area contributed by atoms with Crippen molar-refractivity contribution in [2.45, 2.75) is 44.9 Å². The molecular weight excluding hydrogens is 445 g/mol. The third-order valence-corrected chi connectivity index (χ3v) is 6.59. The molecule has 0 unspecified atom stereocenters. The van der Waals surface area contributed by atoms with Gasteiger partial charge in [-0.1, -0.05) is 66.5 Å². The summed E-state index contributed by atoms with van der Waals surface area (Å²) in [5.41, 5.74) is 4.35. The molecule has 0 spiro atoms. The van der Waals surface area contributed by atoms with E-state index in [1.165, 1.54) is 0 Å². The standard InChI is InChI=1S/C26H25Cl2NO3/c1-3-11-32-26(31)23-15(2)29-21-12-17(16-7-5-4-6-8-16)13-22(30)25(21)24(23)19-10-9-18(27)14-20(19)28/h4-10,14,17,24,29H,3,11-13H2,1-2H3/t17-,24-/m1/s1. The Morgan fingerprint density at radius 3 is 2.56 bits per heavy atom. The molecule has 166 valence electrons. The van der Waals surface area contributed by atoms with Crippen molar-refractivity contribution in [3.63, 3.8) is 0 Å². The maximum Gasteiger partial charge on any atom is 0.336 e. The normalized spacial score (nSPS) is 20.7. The topological polar surface area (TPSA) is 55.4 Å². The highest BCUT2D eigenvalue weighted by Crippen LogP contribution is 2.47. The van der Waals surface area contributed by atoms with Crippen molar-refractivity contribution >= 4 is 35.0 Å². The second kappa shape index (κ2) is 9.51. The lowest BCUT2D eigenvalue weighted by Gasteiger charge is -2.37. The number of dihydropyridines is 1. The first-order valence-corrected chi connectivity index (χ1v) is 11.6. The Labute approximate surface area is 198 Å². The Morgan fingerprint density at radius 2 is 1.88 bits per heavy atom. The fraction of sp³-hybridized carbons (Fsp3) is 0.308. The van der Waals surface area contributed by atoms with Crippen molar-refractivity contribution in [3.05, 3.63) is 92.2 Å². The Hall–Kier alpha value is -2.56. The highest BCUT2D eigenvalue weighted by atomic mass is 35.5. The van der Waals surface area contributed by atoms with E-state index in [1.807, 2.05) is 32.0 Å². The third-order valence-electron chi connectivity index (χ3n) is 6.03. The number of rotatable bonds is 5. The van der Waals surface area contributed by atoms with Crippen LogP contribution in [0.15, 0.2) is 71.1 Å². The number of halogens is 2. The number of benzene rings is 2. The molecule has 0 aromatic heterocycles. The molecule has 0 saturated carbocycles. The summed E-state index contributed by atoms with van der Waals surface area (Å²) in [6.07, 6.45) is 1.77. The summed E-state index contributed by atoms with van der Waals surface area (Å²) in [6, 6.07) is 15.2. The number of Topliss-reactive ketones (excluding diaryl/α,β-unsaturated/α-hetero) is 1. The van der Waals surface area contributed by atoms with Crippen molar-refractivity contribution in [2.75, 3.05) is 6.61 Å². The highest BCUT2D eigenvalue weighted by Gasteiger charge is 2.42. The molecule has 4 nitrogen and oxygen atoms in total. The molecule has 0 radical (unpaired) electrons. The zero-order chi connectivity index (χ0) is 22.8. The van der Waals surface area contributed by atoms with Crippen molar-refractivity contribution in [1.29, 1.82) is 0 Å². The van der Waals surface area contributed by atoms with Gasteiger partial charge in [-0.2, -0.15) is 0 Å². The number of ether oxygens (including phenoxy) is 1. The molecule has 6 heteroatoms. The Balaban J connectivity index is 1.81. The van der Waals surface area contributed by atoms with Gasteiger partial charge in [0, 0.05) is 39.4 Å². The summed E-state index contributed by atoms with van der Waals surface area (Å²) in [7, 11) is 0. The second-order valence-electron chi connectivity index (χ2n) is 8.23. The molecule has 2 aliphatic rings. The van der Waals surface area contributed by atoms with Gasteiger partial charge in [-0.25, -0.2) is 4.79 Å². The average Bonchev–Trinajstić information content (AvgIpc) is 2.77. The minimum absolute atomic E-state index is 0.0110. The number of hydrogen-bond donors (Lipinski definition) is 1. The van der Waals surface area contributed by atoms with Crippen LogP contribution in [-0.2, 0) is 14.3 Å². The maximum absolute atomic E-state index is 13.5. The molecule has 32 heavy (non-hydrogen) atoms. The SMILES string of the molecule is CCCOC(=O)C1=C(C)NC2=C(C(=O)C[C@H](c3ccccc3)C2)[C@@H]1c1ccc(Cl)cc1Cl. The first kappa shape index (κ1) is 22.6. The van der Waals surface area contributed by atoms with Gasteiger partial charge in [0.05, 0.1) is 12.2 Å². The van der Waals surface area contributed by atoms with Crippen LogP contribution in [0.5, 0.6) is 0 Å². The van der Waals surface area contributed by atoms with Gasteiger partial charge in [0.2, 0.25) is 0 Å². The van der Waals surface area contributed by atoms with Crippen LogP contribution in [0, 0.1) is 0 Å². The van der Waals surface area contributed by atoms with E-state index in [2.05, 4.69) is 17.4 Å². The number of esters is 1. The van der Waals surface area contributed by atoms with E-state index in [-0.39, 0.29) is 11.7 Å². The Morgan fingerprint density at radius 1 is 1.12 bits per heavy atom. The number of carbonyl (C=O) groups is 2. The first-order chi connectivity index (χ1) is 15.4. The molecule has 0 amide bonds. The molecule has 1 aliphatic heterocycles. The predicted molar refractivity (Wildman–Crippen MR) is 127 cm³/mol. The fourth-order valence-electron chi connectivity index (χ4n) is 4.59. The van der Waals surface area contributed by atoms with Gasteiger partial charge < -0.3 is 10.1 Å². The van der Waals surface area contributed by atoms with Crippen molar-refractivity contribution in [3.8, 4) is 0 Å². The summed E-state index contributed by atoms with van der Waals surface area (Å²) in [5.74, 6) is -0.934. The van der Waals surface area contributed by atoms with Gasteiger partial charge in [-0.15, -0.1) is 0 Å². The second-order valence-corrected chi connectivity index (χ2v) is 9.07. The van der Waals surface area contributed by atoms with Gasteiger partial charge in [0.15, 0.2) is 5.78 Å². The van der Waals surface area contributed by atoms with Crippen LogP contribution in [0.25, 0.3) is 0 Å². The summed E-state index contributed by atoms with van der Waals surface area (Å²) in [6.45, 7) is 4.10. The molecule has 2 aromatic rings. The van der Waals surface area contributed by atoms with E-state index in [1.54, 1.807) is 18.2 Å². The van der Waals surface area contributed by atoms with Crippen LogP contribution >= 0.6 is 23.2 Å². The zero-order valence-corrected chi connectivity index (χ0v) is 19.6. The molecule has 2 atom stereocenters. The minimum atomic E-state index is -0.593. The van der Waals surface area contributed by atoms with Crippen LogP contribution in [-0.4, -0.2) is 18.4 Å². The third kappa shape index (κ3) is 4.35. The van der Waals surface area contributed by atoms with Gasteiger partial charge in [0.25, 0.3) is 0 Å². The molecule has 1 heterocycles. The molecule has 0 bridgehead atoms. The van der Waals surface area contributed by atoms with Crippen molar-refractivity contribution in [2.24, 2.45) is 0 Å². The Bertz CT molecular complexity index is 1120. The summed E-state index contributed by atoms with van der Waals surface area (Å²) in [5, 5.41) is 4.27. The number of nitrogens with one attached hydrogen (secondary N) is 1. The number of hydrogen-bond acceptors (Lipinski definition) is 4. The summed E-state index contributed by atoms with van der Waals surface area (Å²) >= 11 is 12.7. The van der Waals surface area contributed by atoms with Gasteiger partial charge in [0.1, 0.15) is 0 Å². The van der Waals surface area contributed by atoms with Crippen molar-refractivity contribution < 1.29 is 14.3 Å². The van der Waals surface area contributed by atoms with Crippen LogP contribution in [0.2, 0.25) is 10.0 Å². The lowest BCUT2D eigenvalue weighted by atomic mass is 9.71. The smallest absolute Gasteiger partial charge is 0.336 e. The van der Waals surface area contributed by atoms with Crippen LogP contribution < -0.4 is 5.32 Å². The highest BCUT2D eigenvalue weighted by molar-refractivity contribution is 6.35. The first-order valence-electron chi connectivity index (χ1n) is 10.8. The van der Waals surface area contributed by atoms with E-state index in [4.69, 9.17) is 27.9 Å². The lowest BCUT2D eigenvalue weighted by Crippen LogP contribution is -2.36. The molecule has 4 rings (SSSR count). The lowest BCUT2D eigenvalue weighted by molar-refractivity contribution is -0.139. The molecule has 1 N–H and O–H groups in total. The molecule has 1 aliphatic carbocycles. The van der Waals surface area contributed by atoms with E-state index < -0.39 is 11.9 Å². The van der Waals surface area contributed by atoms with E-state index in [0.29, 0.717) is 58.3 Å². The molecule has 0 fully saturated rings. The largest absolute Gasteiger partial charge is 0.462 e. The average molecular weight is 470 g/mol. The molecule has 2 aromatic carbocycles. The van der Waals surface area contributed by atoms with Crippen LogP contribution in [0.3, 0.4) is 0 Å². The summed E-state index contributed by atoms with van der Waals surface area (Å²) < 4.78 is 5.48. The van der Waals surface area contributed by atoms with Gasteiger partial charge >= 0.3 is 5.97 Å². The van der Waals surface area contributed by atoms with E-state index in [0.717, 1.165) is 11.3 Å². The molecular formula is C26H25Cl2NO3. The number of allylic oxidation sites excluding steroid dienone is 3. The Kier molecular flexibility index (Phi) is 6.73. The summed E-state index contributed by atoms with van der Waals surface area (Å²) in [4.78, 5) is 26.6. The van der Waals surface area contributed by atoms with Gasteiger partial charge in [-0.05, 0) is 48.9 Å². The fourth-order valence-corrected chi connectivity index (χ4v) is 5.11. The minimum Gasteiger partial charge on any atom is -0.462 e.